The van der Waals surface area contributed by atoms with Crippen molar-refractivity contribution in [3.05, 3.63) is 88.9 Å². The number of amides is 1. The molecule has 4 rings (SSSR count). The molecule has 0 aliphatic carbocycles. The zero-order chi connectivity index (χ0) is 24.6. The Hall–Kier alpha value is -3.21. The number of rotatable bonds is 10. The average molecular weight is 489 g/mol. The average Bonchev–Trinajstić information content (AvgIpc) is 3.33. The van der Waals surface area contributed by atoms with Crippen molar-refractivity contribution in [1.82, 2.24) is 20.1 Å². The minimum Gasteiger partial charge on any atom is -0.447 e. The minimum absolute atomic E-state index is 0.114. The molecular weight excluding hydrogens is 461 g/mol. The fraction of sp³-hybridized carbons (Fsp3) is 0.360. The van der Waals surface area contributed by atoms with Gasteiger partial charge in [0.1, 0.15) is 23.7 Å². The number of ether oxygens (including phenoxy) is 1. The van der Waals surface area contributed by atoms with Gasteiger partial charge in [0.25, 0.3) is 5.91 Å². The highest BCUT2D eigenvalue weighted by atomic mass is 19.1. The number of hydrogen-bond acceptors (Lipinski definition) is 6. The van der Waals surface area contributed by atoms with Crippen LogP contribution in [-0.4, -0.2) is 60.1 Å². The van der Waals surface area contributed by atoms with Crippen molar-refractivity contribution < 1.29 is 27.1 Å². The normalized spacial score (nSPS) is 14.4. The molecule has 2 heterocycles. The Morgan fingerprint density at radius 1 is 1.03 bits per heavy atom. The number of morpholine rings is 1. The molecule has 0 saturated carbocycles. The molecule has 2 aromatic carbocycles. The number of halogens is 3. The molecule has 3 aromatic rings. The molecule has 35 heavy (non-hydrogen) atoms. The quantitative estimate of drug-likeness (QED) is 0.472. The lowest BCUT2D eigenvalue weighted by Crippen LogP contribution is -2.41. The number of nitrogens with one attached hydrogen (secondary N) is 1. The maximum Gasteiger partial charge on any atom is 0.273 e. The van der Waals surface area contributed by atoms with E-state index in [9.17, 15) is 18.0 Å². The van der Waals surface area contributed by atoms with Gasteiger partial charge in [-0.25, -0.2) is 18.2 Å². The first-order valence-corrected chi connectivity index (χ1v) is 11.4. The number of aromatic nitrogens is 1. The Bertz CT molecular complexity index is 1120. The Balaban J connectivity index is 1.38. The van der Waals surface area contributed by atoms with Crippen LogP contribution in [0.25, 0.3) is 0 Å². The highest BCUT2D eigenvalue weighted by Gasteiger charge is 2.18. The molecule has 1 N–H and O–H groups in total. The van der Waals surface area contributed by atoms with E-state index in [2.05, 4.69) is 15.2 Å². The van der Waals surface area contributed by atoms with Crippen molar-refractivity contribution in [3.8, 4) is 0 Å². The highest BCUT2D eigenvalue weighted by Crippen LogP contribution is 2.15. The molecule has 1 aromatic heterocycles. The summed E-state index contributed by atoms with van der Waals surface area (Å²) in [5.41, 5.74) is 1.22. The third-order valence-electron chi connectivity index (χ3n) is 5.75. The smallest absolute Gasteiger partial charge is 0.273 e. The third-order valence-corrected chi connectivity index (χ3v) is 5.75. The zero-order valence-electron chi connectivity index (χ0n) is 19.2. The predicted molar refractivity (Wildman–Crippen MR) is 122 cm³/mol. The van der Waals surface area contributed by atoms with E-state index in [-0.39, 0.29) is 31.1 Å². The molecule has 1 fully saturated rings. The summed E-state index contributed by atoms with van der Waals surface area (Å²) in [6, 6.07) is 9.35. The summed E-state index contributed by atoms with van der Waals surface area (Å²) in [7, 11) is 0. The van der Waals surface area contributed by atoms with E-state index in [4.69, 9.17) is 9.15 Å². The molecule has 0 radical (unpaired) electrons. The summed E-state index contributed by atoms with van der Waals surface area (Å²) in [5, 5.41) is 2.72. The van der Waals surface area contributed by atoms with Crippen molar-refractivity contribution >= 4 is 5.91 Å². The maximum absolute atomic E-state index is 14.3. The van der Waals surface area contributed by atoms with E-state index < -0.39 is 17.5 Å². The van der Waals surface area contributed by atoms with Crippen LogP contribution in [0.3, 0.4) is 0 Å². The molecule has 1 aliphatic heterocycles. The lowest BCUT2D eigenvalue weighted by molar-refractivity contribution is 0.0319. The van der Waals surface area contributed by atoms with Gasteiger partial charge in [-0.2, -0.15) is 0 Å². The molecule has 10 heteroatoms. The van der Waals surface area contributed by atoms with Crippen molar-refractivity contribution in [3.63, 3.8) is 0 Å². The van der Waals surface area contributed by atoms with Gasteiger partial charge < -0.3 is 14.5 Å². The van der Waals surface area contributed by atoms with E-state index in [1.165, 1.54) is 30.5 Å². The standard InChI is InChI=1S/C25H27F3N4O3/c26-20-4-1-18(2-5-20)14-29-25(33)23-17-35-24(30-23)16-32(8-7-31-9-11-34-12-10-31)15-19-3-6-21(27)13-22(19)28/h1-6,13,17H,7-12,14-16H2,(H,29,33). The summed E-state index contributed by atoms with van der Waals surface area (Å²) in [6.07, 6.45) is 1.27. The minimum atomic E-state index is -0.630. The second-order valence-electron chi connectivity index (χ2n) is 8.34. The highest BCUT2D eigenvalue weighted by molar-refractivity contribution is 5.91. The Morgan fingerprint density at radius 2 is 1.77 bits per heavy atom. The van der Waals surface area contributed by atoms with Gasteiger partial charge in [0.05, 0.1) is 19.8 Å². The monoisotopic (exact) mass is 488 g/mol. The Morgan fingerprint density at radius 3 is 2.51 bits per heavy atom. The van der Waals surface area contributed by atoms with Crippen molar-refractivity contribution in [2.24, 2.45) is 0 Å². The second-order valence-corrected chi connectivity index (χ2v) is 8.34. The Kier molecular flexibility index (Phi) is 8.51. The number of benzene rings is 2. The largest absolute Gasteiger partial charge is 0.447 e. The summed E-state index contributed by atoms with van der Waals surface area (Å²) < 4.78 is 51.6. The molecule has 0 spiro atoms. The number of hydrogen-bond donors (Lipinski definition) is 1. The zero-order valence-corrected chi connectivity index (χ0v) is 19.2. The van der Waals surface area contributed by atoms with Gasteiger partial charge in [0, 0.05) is 50.9 Å². The van der Waals surface area contributed by atoms with Gasteiger partial charge in [0.15, 0.2) is 5.69 Å². The van der Waals surface area contributed by atoms with Crippen LogP contribution in [0.2, 0.25) is 0 Å². The van der Waals surface area contributed by atoms with E-state index in [0.717, 1.165) is 31.3 Å². The van der Waals surface area contributed by atoms with Crippen LogP contribution in [-0.2, 0) is 24.4 Å². The molecule has 0 unspecified atom stereocenters. The summed E-state index contributed by atoms with van der Waals surface area (Å²) in [5.74, 6) is -1.71. The van der Waals surface area contributed by atoms with Gasteiger partial charge in [-0.05, 0) is 23.8 Å². The maximum atomic E-state index is 14.3. The molecule has 1 saturated heterocycles. The van der Waals surface area contributed by atoms with Crippen LogP contribution in [0.15, 0.2) is 53.1 Å². The molecule has 0 bridgehead atoms. The summed E-state index contributed by atoms with van der Waals surface area (Å²) in [6.45, 7) is 4.98. The van der Waals surface area contributed by atoms with Crippen LogP contribution < -0.4 is 5.32 Å². The van der Waals surface area contributed by atoms with Crippen LogP contribution in [0.1, 0.15) is 27.5 Å². The van der Waals surface area contributed by atoms with Gasteiger partial charge >= 0.3 is 0 Å². The van der Waals surface area contributed by atoms with Crippen LogP contribution in [0, 0.1) is 17.5 Å². The molecule has 1 aliphatic rings. The van der Waals surface area contributed by atoms with Crippen LogP contribution in [0.4, 0.5) is 13.2 Å². The topological polar surface area (TPSA) is 70.8 Å². The third kappa shape index (κ3) is 7.38. The molecule has 7 nitrogen and oxygen atoms in total. The van der Waals surface area contributed by atoms with Crippen molar-refractivity contribution in [2.75, 3.05) is 39.4 Å². The lowest BCUT2D eigenvalue weighted by Gasteiger charge is -2.29. The molecule has 186 valence electrons. The van der Waals surface area contributed by atoms with E-state index in [1.54, 1.807) is 12.1 Å². The van der Waals surface area contributed by atoms with E-state index in [1.807, 2.05) is 4.90 Å². The molecule has 1 amide bonds. The first-order valence-electron chi connectivity index (χ1n) is 11.4. The van der Waals surface area contributed by atoms with Gasteiger partial charge in [0.2, 0.25) is 5.89 Å². The molecule has 0 atom stereocenters. The van der Waals surface area contributed by atoms with E-state index in [0.29, 0.717) is 31.2 Å². The van der Waals surface area contributed by atoms with Gasteiger partial charge in [-0.1, -0.05) is 18.2 Å². The molecular formula is C25H27F3N4O3. The van der Waals surface area contributed by atoms with Gasteiger partial charge in [-0.15, -0.1) is 0 Å². The number of oxazole rings is 1. The number of nitrogens with zero attached hydrogens (tertiary/aromatic N) is 3. The first kappa shape index (κ1) is 24.9. The van der Waals surface area contributed by atoms with Crippen molar-refractivity contribution in [2.45, 2.75) is 19.6 Å². The SMILES string of the molecule is O=C(NCc1ccc(F)cc1)c1coc(CN(CCN2CCOCC2)Cc2ccc(F)cc2F)n1. The van der Waals surface area contributed by atoms with E-state index >= 15 is 0 Å². The number of carbonyl (C=O) groups excluding carboxylic acids is 1. The summed E-state index contributed by atoms with van der Waals surface area (Å²) >= 11 is 0. The predicted octanol–water partition coefficient (Wildman–Crippen LogP) is 3.36. The summed E-state index contributed by atoms with van der Waals surface area (Å²) in [4.78, 5) is 20.9. The van der Waals surface area contributed by atoms with Crippen LogP contribution >= 0.6 is 0 Å². The van der Waals surface area contributed by atoms with Crippen molar-refractivity contribution in [1.29, 1.82) is 0 Å². The Labute approximate surface area is 201 Å². The van der Waals surface area contributed by atoms with Crippen LogP contribution in [0.5, 0.6) is 0 Å². The fourth-order valence-corrected chi connectivity index (χ4v) is 3.77. The fourth-order valence-electron chi connectivity index (χ4n) is 3.77. The first-order chi connectivity index (χ1) is 17.0. The van der Waals surface area contributed by atoms with Gasteiger partial charge in [-0.3, -0.25) is 14.6 Å². The second kappa shape index (κ2) is 12.0. The lowest BCUT2D eigenvalue weighted by atomic mass is 10.2. The number of carbonyl (C=O) groups is 1.